The quantitative estimate of drug-likeness (QED) is 0.762. The zero-order chi connectivity index (χ0) is 18.6. The SMILES string of the molecule is O=C(Nc1ccc2c(c1)NC(=O)C(c1ccccc1)O2)NC1CCCCC1. The number of carbonyl (C=O) groups excluding carboxylic acids is 2. The van der Waals surface area contributed by atoms with E-state index in [0.717, 1.165) is 31.2 Å². The molecule has 0 aromatic heterocycles. The van der Waals surface area contributed by atoms with Gasteiger partial charge in [0, 0.05) is 17.3 Å². The Balaban J connectivity index is 1.43. The molecule has 1 aliphatic heterocycles. The van der Waals surface area contributed by atoms with Gasteiger partial charge in [-0.25, -0.2) is 4.79 Å². The first-order valence-corrected chi connectivity index (χ1v) is 9.43. The van der Waals surface area contributed by atoms with Crippen molar-refractivity contribution in [2.24, 2.45) is 0 Å². The van der Waals surface area contributed by atoms with E-state index >= 15 is 0 Å². The van der Waals surface area contributed by atoms with Crippen molar-refractivity contribution < 1.29 is 14.3 Å². The molecule has 2 aliphatic rings. The first kappa shape index (κ1) is 17.4. The number of fused-ring (bicyclic) bond motifs is 1. The molecule has 2 aromatic carbocycles. The van der Waals surface area contributed by atoms with E-state index in [1.807, 2.05) is 30.3 Å². The molecule has 3 N–H and O–H groups in total. The zero-order valence-corrected chi connectivity index (χ0v) is 15.0. The number of anilines is 2. The molecule has 0 bridgehead atoms. The Hall–Kier alpha value is -3.02. The average Bonchev–Trinajstić information content (AvgIpc) is 2.69. The third-order valence-electron chi connectivity index (χ3n) is 5.02. The van der Waals surface area contributed by atoms with Crippen LogP contribution in [-0.2, 0) is 4.79 Å². The fourth-order valence-corrected chi connectivity index (χ4v) is 3.63. The van der Waals surface area contributed by atoms with E-state index in [1.54, 1.807) is 18.2 Å². The molecule has 6 heteroatoms. The minimum atomic E-state index is -0.674. The van der Waals surface area contributed by atoms with E-state index < -0.39 is 6.10 Å². The molecule has 27 heavy (non-hydrogen) atoms. The van der Waals surface area contributed by atoms with Crippen molar-refractivity contribution in [2.45, 2.75) is 44.2 Å². The number of amides is 3. The molecule has 1 unspecified atom stereocenters. The van der Waals surface area contributed by atoms with Crippen molar-refractivity contribution in [3.8, 4) is 5.75 Å². The summed E-state index contributed by atoms with van der Waals surface area (Å²) in [6.45, 7) is 0. The molecule has 1 heterocycles. The molecule has 1 saturated carbocycles. The summed E-state index contributed by atoms with van der Waals surface area (Å²) >= 11 is 0. The van der Waals surface area contributed by atoms with Gasteiger partial charge < -0.3 is 20.7 Å². The number of hydrogen-bond acceptors (Lipinski definition) is 3. The van der Waals surface area contributed by atoms with Gasteiger partial charge in [-0.15, -0.1) is 0 Å². The molecule has 1 aliphatic carbocycles. The van der Waals surface area contributed by atoms with Crippen LogP contribution in [0.2, 0.25) is 0 Å². The first-order chi connectivity index (χ1) is 13.2. The lowest BCUT2D eigenvalue weighted by molar-refractivity contribution is -0.123. The Kier molecular flexibility index (Phi) is 4.96. The van der Waals surface area contributed by atoms with Crippen LogP contribution < -0.4 is 20.7 Å². The first-order valence-electron chi connectivity index (χ1n) is 9.43. The minimum Gasteiger partial charge on any atom is -0.474 e. The number of benzene rings is 2. The number of urea groups is 1. The van der Waals surface area contributed by atoms with Crippen molar-refractivity contribution in [1.82, 2.24) is 5.32 Å². The Morgan fingerprint density at radius 3 is 2.59 bits per heavy atom. The van der Waals surface area contributed by atoms with Gasteiger partial charge in [0.2, 0.25) is 6.10 Å². The highest BCUT2D eigenvalue weighted by molar-refractivity contribution is 5.99. The van der Waals surface area contributed by atoms with Crippen molar-refractivity contribution in [3.05, 3.63) is 54.1 Å². The molecule has 1 fully saturated rings. The third kappa shape index (κ3) is 4.05. The van der Waals surface area contributed by atoms with Gasteiger partial charge in [-0.2, -0.15) is 0 Å². The van der Waals surface area contributed by atoms with Crippen LogP contribution in [0.3, 0.4) is 0 Å². The van der Waals surface area contributed by atoms with Crippen molar-refractivity contribution in [2.75, 3.05) is 10.6 Å². The summed E-state index contributed by atoms with van der Waals surface area (Å²) in [5.74, 6) is 0.360. The molecule has 3 amide bonds. The predicted octanol–water partition coefficient (Wildman–Crippen LogP) is 4.21. The molecule has 0 radical (unpaired) electrons. The Labute approximate surface area is 158 Å². The van der Waals surface area contributed by atoms with Crippen molar-refractivity contribution >= 4 is 23.3 Å². The Morgan fingerprint density at radius 2 is 1.81 bits per heavy atom. The number of hydrogen-bond donors (Lipinski definition) is 3. The summed E-state index contributed by atoms with van der Waals surface area (Å²) < 4.78 is 5.87. The van der Waals surface area contributed by atoms with Crippen LogP contribution >= 0.6 is 0 Å². The average molecular weight is 365 g/mol. The summed E-state index contributed by atoms with van der Waals surface area (Å²) in [6, 6.07) is 14.7. The molecule has 1 atom stereocenters. The van der Waals surface area contributed by atoms with E-state index in [0.29, 0.717) is 17.1 Å². The van der Waals surface area contributed by atoms with Crippen LogP contribution in [0.1, 0.15) is 43.8 Å². The van der Waals surface area contributed by atoms with Gasteiger partial charge >= 0.3 is 6.03 Å². The highest BCUT2D eigenvalue weighted by Crippen LogP contribution is 2.36. The number of carbonyl (C=O) groups is 2. The summed E-state index contributed by atoms with van der Waals surface area (Å²) in [5.41, 5.74) is 1.97. The van der Waals surface area contributed by atoms with Crippen molar-refractivity contribution in [3.63, 3.8) is 0 Å². The van der Waals surface area contributed by atoms with Gasteiger partial charge in [-0.05, 0) is 31.0 Å². The van der Waals surface area contributed by atoms with E-state index in [2.05, 4.69) is 16.0 Å². The largest absolute Gasteiger partial charge is 0.474 e. The zero-order valence-electron chi connectivity index (χ0n) is 15.0. The third-order valence-corrected chi connectivity index (χ3v) is 5.02. The minimum absolute atomic E-state index is 0.216. The second-order valence-corrected chi connectivity index (χ2v) is 7.04. The van der Waals surface area contributed by atoms with Crippen LogP contribution in [0.15, 0.2) is 48.5 Å². The standard InChI is InChI=1S/C21H23N3O3/c25-20-19(14-7-3-1-4-8-14)27-18-12-11-16(13-17(18)24-20)23-21(26)22-15-9-5-2-6-10-15/h1,3-4,7-8,11-13,15,19H,2,5-6,9-10H2,(H,24,25)(H2,22,23,26). The fraction of sp³-hybridized carbons (Fsp3) is 0.333. The maximum Gasteiger partial charge on any atom is 0.319 e. The predicted molar refractivity (Wildman–Crippen MR) is 104 cm³/mol. The maximum atomic E-state index is 12.4. The molecular formula is C21H23N3O3. The summed E-state index contributed by atoms with van der Waals surface area (Å²) in [6.07, 6.45) is 4.96. The Morgan fingerprint density at radius 1 is 1.04 bits per heavy atom. The smallest absolute Gasteiger partial charge is 0.319 e. The summed E-state index contributed by atoms with van der Waals surface area (Å²) in [4.78, 5) is 24.6. The van der Waals surface area contributed by atoms with Crippen LogP contribution in [-0.4, -0.2) is 18.0 Å². The van der Waals surface area contributed by atoms with Crippen LogP contribution in [0, 0.1) is 0 Å². The second-order valence-electron chi connectivity index (χ2n) is 7.04. The van der Waals surface area contributed by atoms with Gasteiger partial charge in [0.1, 0.15) is 5.75 Å². The normalized spacial score (nSPS) is 19.4. The summed E-state index contributed by atoms with van der Waals surface area (Å²) in [5, 5.41) is 8.72. The number of nitrogens with one attached hydrogen (secondary N) is 3. The van der Waals surface area contributed by atoms with E-state index in [1.165, 1.54) is 6.42 Å². The van der Waals surface area contributed by atoms with Gasteiger partial charge in [-0.3, -0.25) is 4.79 Å². The molecule has 6 nitrogen and oxygen atoms in total. The molecule has 0 saturated heterocycles. The summed E-state index contributed by atoms with van der Waals surface area (Å²) in [7, 11) is 0. The maximum absolute atomic E-state index is 12.4. The number of ether oxygens (including phenoxy) is 1. The Bertz CT molecular complexity index is 832. The molecule has 2 aromatic rings. The van der Waals surface area contributed by atoms with E-state index in [4.69, 9.17) is 4.74 Å². The van der Waals surface area contributed by atoms with Gasteiger partial charge in [0.25, 0.3) is 5.91 Å². The van der Waals surface area contributed by atoms with Gasteiger partial charge in [-0.1, -0.05) is 49.6 Å². The van der Waals surface area contributed by atoms with E-state index in [9.17, 15) is 9.59 Å². The van der Waals surface area contributed by atoms with Crippen molar-refractivity contribution in [1.29, 1.82) is 0 Å². The molecule has 0 spiro atoms. The van der Waals surface area contributed by atoms with Crippen LogP contribution in [0.25, 0.3) is 0 Å². The topological polar surface area (TPSA) is 79.5 Å². The molecule has 4 rings (SSSR count). The highest BCUT2D eigenvalue weighted by Gasteiger charge is 2.29. The van der Waals surface area contributed by atoms with Gasteiger partial charge in [0.05, 0.1) is 5.69 Å². The fourth-order valence-electron chi connectivity index (χ4n) is 3.63. The van der Waals surface area contributed by atoms with Crippen LogP contribution in [0.5, 0.6) is 5.75 Å². The molecule has 140 valence electrons. The highest BCUT2D eigenvalue weighted by atomic mass is 16.5. The number of rotatable bonds is 3. The van der Waals surface area contributed by atoms with Gasteiger partial charge in [0.15, 0.2) is 0 Å². The second kappa shape index (κ2) is 7.70. The van der Waals surface area contributed by atoms with E-state index in [-0.39, 0.29) is 18.0 Å². The lowest BCUT2D eigenvalue weighted by Crippen LogP contribution is -2.39. The lowest BCUT2D eigenvalue weighted by Gasteiger charge is -2.27. The molecular weight excluding hydrogens is 342 g/mol. The lowest BCUT2D eigenvalue weighted by atomic mass is 9.96. The van der Waals surface area contributed by atoms with Crippen LogP contribution in [0.4, 0.5) is 16.2 Å². The monoisotopic (exact) mass is 365 g/mol.